The molecule has 0 bridgehead atoms. The number of benzene rings is 1. The first-order valence-electron chi connectivity index (χ1n) is 5.53. The van der Waals surface area contributed by atoms with Crippen LogP contribution >= 0.6 is 0 Å². The maximum atomic E-state index is 13.7. The lowest BCUT2D eigenvalue weighted by atomic mass is 10.0. The summed E-state index contributed by atoms with van der Waals surface area (Å²) < 4.78 is 13.7. The maximum absolute atomic E-state index is 13.7. The minimum absolute atomic E-state index is 0.302. The lowest BCUT2D eigenvalue weighted by Crippen LogP contribution is -2.28. The molecule has 0 saturated carbocycles. The number of aryl methyl sites for hydroxylation is 1. The highest BCUT2D eigenvalue weighted by Crippen LogP contribution is 2.23. The molecule has 0 fully saturated rings. The van der Waals surface area contributed by atoms with E-state index in [1.54, 1.807) is 12.1 Å². The standard InChI is InChI=1S/C13H17FN2/c1-4-16(5-2)13(9-15)11-8-10(3)6-7-12(11)14/h6-8,13H,4-5H2,1-3H3. The molecule has 1 atom stereocenters. The van der Waals surface area contributed by atoms with Crippen LogP contribution in [-0.2, 0) is 0 Å². The minimum atomic E-state index is -0.491. The molecule has 16 heavy (non-hydrogen) atoms. The molecule has 1 aromatic rings. The molecule has 1 unspecified atom stereocenters. The summed E-state index contributed by atoms with van der Waals surface area (Å²) in [6.07, 6.45) is 0. The van der Waals surface area contributed by atoms with Gasteiger partial charge in [0.1, 0.15) is 11.9 Å². The maximum Gasteiger partial charge on any atom is 0.129 e. The van der Waals surface area contributed by atoms with Crippen LogP contribution in [0.15, 0.2) is 18.2 Å². The molecule has 1 rings (SSSR count). The van der Waals surface area contributed by atoms with Crippen molar-refractivity contribution in [1.82, 2.24) is 4.90 Å². The third-order valence-corrected chi connectivity index (χ3v) is 2.75. The summed E-state index contributed by atoms with van der Waals surface area (Å²) in [6.45, 7) is 7.33. The molecule has 0 radical (unpaired) electrons. The zero-order valence-electron chi connectivity index (χ0n) is 10.00. The van der Waals surface area contributed by atoms with E-state index in [9.17, 15) is 4.39 Å². The Labute approximate surface area is 96.3 Å². The Morgan fingerprint density at radius 2 is 2.00 bits per heavy atom. The van der Waals surface area contributed by atoms with E-state index in [1.807, 2.05) is 25.7 Å². The van der Waals surface area contributed by atoms with Gasteiger partial charge in [-0.25, -0.2) is 4.39 Å². The van der Waals surface area contributed by atoms with Gasteiger partial charge in [0, 0.05) is 5.56 Å². The average Bonchev–Trinajstić information content (AvgIpc) is 2.29. The van der Waals surface area contributed by atoms with Crippen molar-refractivity contribution in [3.8, 4) is 6.07 Å². The van der Waals surface area contributed by atoms with Crippen molar-refractivity contribution in [2.45, 2.75) is 26.8 Å². The Morgan fingerprint density at radius 1 is 1.38 bits per heavy atom. The van der Waals surface area contributed by atoms with E-state index in [1.165, 1.54) is 6.07 Å². The van der Waals surface area contributed by atoms with Gasteiger partial charge in [-0.3, -0.25) is 4.90 Å². The normalized spacial score (nSPS) is 12.5. The van der Waals surface area contributed by atoms with E-state index in [-0.39, 0.29) is 5.82 Å². The van der Waals surface area contributed by atoms with Gasteiger partial charge in [0.25, 0.3) is 0 Å². The molecule has 0 heterocycles. The van der Waals surface area contributed by atoms with Crippen molar-refractivity contribution in [2.75, 3.05) is 13.1 Å². The highest BCUT2D eigenvalue weighted by molar-refractivity contribution is 5.30. The highest BCUT2D eigenvalue weighted by Gasteiger charge is 2.20. The molecule has 0 spiro atoms. The van der Waals surface area contributed by atoms with Crippen LogP contribution in [0.5, 0.6) is 0 Å². The van der Waals surface area contributed by atoms with Crippen molar-refractivity contribution < 1.29 is 4.39 Å². The third-order valence-electron chi connectivity index (χ3n) is 2.75. The Morgan fingerprint density at radius 3 is 2.50 bits per heavy atom. The van der Waals surface area contributed by atoms with Crippen molar-refractivity contribution >= 4 is 0 Å². The summed E-state index contributed by atoms with van der Waals surface area (Å²) in [5, 5.41) is 9.17. The second-order valence-corrected chi connectivity index (χ2v) is 3.78. The topological polar surface area (TPSA) is 27.0 Å². The van der Waals surface area contributed by atoms with Crippen LogP contribution in [0.2, 0.25) is 0 Å². The van der Waals surface area contributed by atoms with Gasteiger partial charge in [0.05, 0.1) is 6.07 Å². The van der Waals surface area contributed by atoms with E-state index in [0.717, 1.165) is 18.7 Å². The summed E-state index contributed by atoms with van der Waals surface area (Å²) in [5.74, 6) is -0.302. The fraction of sp³-hybridized carbons (Fsp3) is 0.462. The molecule has 0 amide bonds. The second-order valence-electron chi connectivity index (χ2n) is 3.78. The van der Waals surface area contributed by atoms with Crippen molar-refractivity contribution in [1.29, 1.82) is 5.26 Å². The van der Waals surface area contributed by atoms with Gasteiger partial charge in [-0.2, -0.15) is 5.26 Å². The van der Waals surface area contributed by atoms with Crippen LogP contribution in [0.25, 0.3) is 0 Å². The molecule has 0 aromatic heterocycles. The molecule has 0 saturated heterocycles. The first-order valence-corrected chi connectivity index (χ1v) is 5.53. The number of rotatable bonds is 4. The third kappa shape index (κ3) is 2.59. The fourth-order valence-electron chi connectivity index (χ4n) is 1.81. The molecule has 0 aliphatic carbocycles. The van der Waals surface area contributed by atoms with E-state index in [4.69, 9.17) is 5.26 Å². The van der Waals surface area contributed by atoms with Crippen LogP contribution in [0.4, 0.5) is 4.39 Å². The van der Waals surface area contributed by atoms with Gasteiger partial charge in [-0.1, -0.05) is 31.5 Å². The Balaban J connectivity index is 3.13. The summed E-state index contributed by atoms with van der Waals surface area (Å²) in [5.41, 5.74) is 1.45. The number of nitriles is 1. The number of hydrogen-bond donors (Lipinski definition) is 0. The van der Waals surface area contributed by atoms with Gasteiger partial charge in [0.15, 0.2) is 0 Å². The fourth-order valence-corrected chi connectivity index (χ4v) is 1.81. The van der Waals surface area contributed by atoms with Crippen LogP contribution in [-0.4, -0.2) is 18.0 Å². The molecule has 0 N–H and O–H groups in total. The molecule has 2 nitrogen and oxygen atoms in total. The number of halogens is 1. The summed E-state index contributed by atoms with van der Waals surface area (Å²) in [4.78, 5) is 1.94. The Hall–Kier alpha value is -1.40. The SMILES string of the molecule is CCN(CC)C(C#N)c1cc(C)ccc1F. The average molecular weight is 220 g/mol. The van der Waals surface area contributed by atoms with Crippen LogP contribution in [0.1, 0.15) is 31.0 Å². The lowest BCUT2D eigenvalue weighted by molar-refractivity contribution is 0.258. The van der Waals surface area contributed by atoms with Crippen LogP contribution in [0, 0.1) is 24.1 Å². The highest BCUT2D eigenvalue weighted by atomic mass is 19.1. The van der Waals surface area contributed by atoms with Crippen molar-refractivity contribution in [3.05, 3.63) is 35.1 Å². The predicted octanol–water partition coefficient (Wildman–Crippen LogP) is 3.04. The van der Waals surface area contributed by atoms with Crippen LogP contribution < -0.4 is 0 Å². The zero-order chi connectivity index (χ0) is 12.1. The molecular weight excluding hydrogens is 203 g/mol. The number of nitrogens with zero attached hydrogens (tertiary/aromatic N) is 2. The van der Waals surface area contributed by atoms with E-state index >= 15 is 0 Å². The number of hydrogen-bond acceptors (Lipinski definition) is 2. The molecule has 86 valence electrons. The van der Waals surface area contributed by atoms with E-state index in [2.05, 4.69) is 6.07 Å². The van der Waals surface area contributed by atoms with Crippen LogP contribution in [0.3, 0.4) is 0 Å². The minimum Gasteiger partial charge on any atom is -0.285 e. The largest absolute Gasteiger partial charge is 0.285 e. The molecule has 1 aromatic carbocycles. The van der Waals surface area contributed by atoms with Gasteiger partial charge in [-0.05, 0) is 26.1 Å². The Kier molecular flexibility index (Phi) is 4.45. The van der Waals surface area contributed by atoms with Crippen molar-refractivity contribution in [3.63, 3.8) is 0 Å². The first kappa shape index (κ1) is 12.7. The van der Waals surface area contributed by atoms with Gasteiger partial charge < -0.3 is 0 Å². The zero-order valence-corrected chi connectivity index (χ0v) is 10.00. The van der Waals surface area contributed by atoms with Gasteiger partial charge >= 0.3 is 0 Å². The molecule has 0 aliphatic rings. The predicted molar refractivity (Wildman–Crippen MR) is 62.4 cm³/mol. The smallest absolute Gasteiger partial charge is 0.129 e. The summed E-state index contributed by atoms with van der Waals surface area (Å²) >= 11 is 0. The van der Waals surface area contributed by atoms with Gasteiger partial charge in [-0.15, -0.1) is 0 Å². The lowest BCUT2D eigenvalue weighted by Gasteiger charge is -2.24. The first-order chi connectivity index (χ1) is 7.63. The Bertz CT molecular complexity index is 391. The summed E-state index contributed by atoms with van der Waals surface area (Å²) in [6, 6.07) is 6.58. The summed E-state index contributed by atoms with van der Waals surface area (Å²) in [7, 11) is 0. The molecule has 0 aliphatic heterocycles. The molecule has 3 heteroatoms. The van der Waals surface area contributed by atoms with Crippen molar-refractivity contribution in [2.24, 2.45) is 0 Å². The van der Waals surface area contributed by atoms with E-state index < -0.39 is 6.04 Å². The molecular formula is C13H17FN2. The van der Waals surface area contributed by atoms with Gasteiger partial charge in [0.2, 0.25) is 0 Å². The van der Waals surface area contributed by atoms with E-state index in [0.29, 0.717) is 5.56 Å². The second kappa shape index (κ2) is 5.62. The monoisotopic (exact) mass is 220 g/mol. The quantitative estimate of drug-likeness (QED) is 0.779.